The van der Waals surface area contributed by atoms with Gasteiger partial charge < -0.3 is 5.32 Å². The van der Waals surface area contributed by atoms with Crippen LogP contribution in [0.15, 0.2) is 24.3 Å². The number of anilines is 1. The second-order valence-corrected chi connectivity index (χ2v) is 4.76. The van der Waals surface area contributed by atoms with Gasteiger partial charge in [0.1, 0.15) is 11.5 Å². The summed E-state index contributed by atoms with van der Waals surface area (Å²) in [6.07, 6.45) is 1.33. The van der Waals surface area contributed by atoms with Gasteiger partial charge in [0, 0.05) is 13.6 Å². The summed E-state index contributed by atoms with van der Waals surface area (Å²) in [7, 11) is 1.65. The normalized spacial score (nSPS) is 10.6. The maximum Gasteiger partial charge on any atom is 0.334 e. The summed E-state index contributed by atoms with van der Waals surface area (Å²) in [5, 5.41) is 18.4. The third kappa shape index (κ3) is 3.36. The molecule has 0 aliphatic heterocycles. The Labute approximate surface area is 121 Å². The van der Waals surface area contributed by atoms with Crippen LogP contribution in [0.25, 0.3) is 0 Å². The Morgan fingerprint density at radius 3 is 2.86 bits per heavy atom. The highest BCUT2D eigenvalue weighted by molar-refractivity contribution is 5.60. The molecule has 0 fully saturated rings. The first-order chi connectivity index (χ1) is 10.0. The number of benzene rings is 1. The van der Waals surface area contributed by atoms with Gasteiger partial charge in [-0.05, 0) is 24.1 Å². The molecule has 7 heteroatoms. The van der Waals surface area contributed by atoms with Gasteiger partial charge >= 0.3 is 5.69 Å². The van der Waals surface area contributed by atoms with Crippen molar-refractivity contribution in [1.82, 2.24) is 9.78 Å². The predicted molar refractivity (Wildman–Crippen MR) is 77.6 cm³/mol. The molecule has 2 rings (SSSR count). The number of aryl methyl sites for hydroxylation is 2. The number of halogens is 1. The van der Waals surface area contributed by atoms with Crippen molar-refractivity contribution in [2.75, 3.05) is 5.32 Å². The van der Waals surface area contributed by atoms with Gasteiger partial charge in [0.2, 0.25) is 5.82 Å². The Kier molecular flexibility index (Phi) is 4.52. The number of rotatable bonds is 6. The lowest BCUT2D eigenvalue weighted by molar-refractivity contribution is -0.384. The lowest BCUT2D eigenvalue weighted by atomic mass is 10.2. The van der Waals surface area contributed by atoms with Crippen molar-refractivity contribution in [3.8, 4) is 0 Å². The summed E-state index contributed by atoms with van der Waals surface area (Å²) in [6.45, 7) is 2.24. The van der Waals surface area contributed by atoms with E-state index in [4.69, 9.17) is 0 Å². The van der Waals surface area contributed by atoms with Crippen molar-refractivity contribution in [2.24, 2.45) is 7.05 Å². The Morgan fingerprint density at radius 1 is 1.48 bits per heavy atom. The Bertz CT molecular complexity index is 654. The van der Waals surface area contributed by atoms with Crippen LogP contribution in [0.5, 0.6) is 0 Å². The van der Waals surface area contributed by atoms with E-state index < -0.39 is 4.92 Å². The van der Waals surface area contributed by atoms with E-state index >= 15 is 0 Å². The van der Waals surface area contributed by atoms with E-state index in [0.29, 0.717) is 30.0 Å². The smallest absolute Gasteiger partial charge is 0.334 e. The number of nitro groups is 1. The van der Waals surface area contributed by atoms with Crippen molar-refractivity contribution in [1.29, 1.82) is 0 Å². The van der Waals surface area contributed by atoms with Crippen LogP contribution in [-0.2, 0) is 20.0 Å². The van der Waals surface area contributed by atoms with E-state index in [-0.39, 0.29) is 11.5 Å². The predicted octanol–water partition coefficient (Wildman–Crippen LogP) is 3.03. The van der Waals surface area contributed by atoms with Crippen molar-refractivity contribution in [2.45, 2.75) is 26.3 Å². The lowest BCUT2D eigenvalue weighted by Crippen LogP contribution is -2.06. The zero-order chi connectivity index (χ0) is 15.4. The molecule has 0 saturated carbocycles. The van der Waals surface area contributed by atoms with Crippen LogP contribution in [-0.4, -0.2) is 14.7 Å². The molecule has 0 saturated heterocycles. The Morgan fingerprint density at radius 2 is 2.24 bits per heavy atom. The van der Waals surface area contributed by atoms with Crippen LogP contribution in [0.3, 0.4) is 0 Å². The van der Waals surface area contributed by atoms with E-state index in [0.717, 1.165) is 6.42 Å². The SMILES string of the molecule is CCCc1nn(C)c(NCc2cccc(F)c2)c1[N+](=O)[O-]. The molecule has 2 aromatic rings. The molecule has 21 heavy (non-hydrogen) atoms. The fourth-order valence-electron chi connectivity index (χ4n) is 2.20. The van der Waals surface area contributed by atoms with Crippen LogP contribution >= 0.6 is 0 Å². The monoisotopic (exact) mass is 292 g/mol. The van der Waals surface area contributed by atoms with Gasteiger partial charge in [-0.1, -0.05) is 25.5 Å². The average molecular weight is 292 g/mol. The molecule has 1 aromatic carbocycles. The molecular formula is C14H17FN4O2. The third-order valence-electron chi connectivity index (χ3n) is 3.11. The molecule has 1 heterocycles. The van der Waals surface area contributed by atoms with Gasteiger partial charge in [-0.25, -0.2) is 9.07 Å². The highest BCUT2D eigenvalue weighted by atomic mass is 19.1. The Balaban J connectivity index is 2.25. The minimum absolute atomic E-state index is 0.00393. The second kappa shape index (κ2) is 6.34. The fourth-order valence-corrected chi connectivity index (χ4v) is 2.20. The van der Waals surface area contributed by atoms with E-state index in [1.165, 1.54) is 16.8 Å². The quantitative estimate of drug-likeness (QED) is 0.656. The molecule has 1 aromatic heterocycles. The second-order valence-electron chi connectivity index (χ2n) is 4.76. The zero-order valence-corrected chi connectivity index (χ0v) is 12.0. The van der Waals surface area contributed by atoms with Crippen LogP contribution in [0.2, 0.25) is 0 Å². The van der Waals surface area contributed by atoms with Crippen LogP contribution in [0.4, 0.5) is 15.9 Å². The first kappa shape index (κ1) is 15.0. The molecule has 0 aliphatic carbocycles. The molecule has 112 valence electrons. The van der Waals surface area contributed by atoms with E-state index in [2.05, 4.69) is 10.4 Å². The number of aromatic nitrogens is 2. The lowest BCUT2D eigenvalue weighted by Gasteiger charge is -2.06. The summed E-state index contributed by atoms with van der Waals surface area (Å²) in [6, 6.07) is 6.11. The largest absolute Gasteiger partial charge is 0.360 e. The van der Waals surface area contributed by atoms with Crippen LogP contribution in [0.1, 0.15) is 24.6 Å². The van der Waals surface area contributed by atoms with Gasteiger partial charge in [0.15, 0.2) is 0 Å². The summed E-state index contributed by atoms with van der Waals surface area (Å²) < 4.78 is 14.6. The highest BCUT2D eigenvalue weighted by Gasteiger charge is 2.25. The molecular weight excluding hydrogens is 275 g/mol. The van der Waals surface area contributed by atoms with Crippen molar-refractivity contribution in [3.63, 3.8) is 0 Å². The van der Waals surface area contributed by atoms with E-state index in [9.17, 15) is 14.5 Å². The molecule has 0 amide bonds. The molecule has 0 aliphatic rings. The molecule has 0 unspecified atom stereocenters. The van der Waals surface area contributed by atoms with Gasteiger partial charge in [0.25, 0.3) is 0 Å². The van der Waals surface area contributed by atoms with Crippen LogP contribution in [0, 0.1) is 15.9 Å². The van der Waals surface area contributed by atoms with Crippen molar-refractivity contribution in [3.05, 3.63) is 51.5 Å². The van der Waals surface area contributed by atoms with Gasteiger partial charge in [-0.15, -0.1) is 0 Å². The zero-order valence-electron chi connectivity index (χ0n) is 12.0. The minimum Gasteiger partial charge on any atom is -0.360 e. The summed E-state index contributed by atoms with van der Waals surface area (Å²) >= 11 is 0. The van der Waals surface area contributed by atoms with Crippen molar-refractivity contribution >= 4 is 11.5 Å². The molecule has 0 atom stereocenters. The van der Waals surface area contributed by atoms with Gasteiger partial charge in [-0.3, -0.25) is 10.1 Å². The van der Waals surface area contributed by atoms with E-state index in [1.807, 2.05) is 6.92 Å². The topological polar surface area (TPSA) is 73.0 Å². The van der Waals surface area contributed by atoms with Crippen molar-refractivity contribution < 1.29 is 9.31 Å². The first-order valence-corrected chi connectivity index (χ1v) is 6.71. The maximum atomic E-state index is 13.1. The maximum absolute atomic E-state index is 13.1. The summed E-state index contributed by atoms with van der Waals surface area (Å²) in [4.78, 5) is 10.8. The fraction of sp³-hybridized carbons (Fsp3) is 0.357. The third-order valence-corrected chi connectivity index (χ3v) is 3.11. The van der Waals surface area contributed by atoms with Gasteiger partial charge in [-0.2, -0.15) is 5.10 Å². The number of nitrogens with zero attached hydrogens (tertiary/aromatic N) is 3. The average Bonchev–Trinajstić information content (AvgIpc) is 2.73. The summed E-state index contributed by atoms with van der Waals surface area (Å²) in [5.74, 6) is 0.00758. The molecule has 0 spiro atoms. The van der Waals surface area contributed by atoms with Gasteiger partial charge in [0.05, 0.1) is 4.92 Å². The number of nitrogens with one attached hydrogen (secondary N) is 1. The van der Waals surface area contributed by atoms with Crippen LogP contribution < -0.4 is 5.32 Å². The molecule has 0 bridgehead atoms. The van der Waals surface area contributed by atoms with E-state index in [1.54, 1.807) is 19.2 Å². The number of hydrogen-bond donors (Lipinski definition) is 1. The Hall–Kier alpha value is -2.44. The summed E-state index contributed by atoms with van der Waals surface area (Å²) in [5.41, 5.74) is 1.17. The highest BCUT2D eigenvalue weighted by Crippen LogP contribution is 2.29. The first-order valence-electron chi connectivity index (χ1n) is 6.71. The minimum atomic E-state index is -0.425. The molecule has 6 nitrogen and oxygen atoms in total. The molecule has 1 N–H and O–H groups in total. The number of hydrogen-bond acceptors (Lipinski definition) is 4. The molecule has 0 radical (unpaired) electrons. The standard InChI is InChI=1S/C14H17FN4O2/c1-3-5-12-13(19(20)21)14(18(2)17-12)16-9-10-6-4-7-11(15)8-10/h4,6-8,16H,3,5,9H2,1-2H3.